The Bertz CT molecular complexity index is 1750. The van der Waals surface area contributed by atoms with Crippen molar-refractivity contribution < 1.29 is 84.3 Å². The molecule has 0 amide bonds. The van der Waals surface area contributed by atoms with Crippen LogP contribution in [0, 0.1) is 28.1 Å². The zero-order valence-corrected chi connectivity index (χ0v) is 32.6. The molecule has 17 nitrogen and oxygen atoms in total. The standard InChI is InChI=1S/C41H56O17/c1-20-16-40-13-9-26-38(2,11-4-12-39(26,3)37(52)58-57-36-34(51)31(48)29(46)24(17-42)54-36)27(40)10-14-41(20,19-40)56-35-33(50)32(49)30(47)25(55-35)18-53-28(45)8-6-21-5-7-22(43)23(44)15-21/h5-8,15,24-27,29-36,42-44,46-51H,1,4,9-14,16-19H2,2-3H3/b8-6-/t24-,25-,26?,27+,29-,30-,31+,32+,33-,34-,35+,36+,38-,39-,40?,41?/m1/s1. The summed E-state index contributed by atoms with van der Waals surface area (Å²) in [5.74, 6) is -2.07. The third kappa shape index (κ3) is 7.35. The van der Waals surface area contributed by atoms with E-state index in [9.17, 15) is 55.5 Å². The van der Waals surface area contributed by atoms with Crippen LogP contribution >= 0.6 is 0 Å². The Kier molecular flexibility index (Phi) is 11.8. The number of hydrogen-bond acceptors (Lipinski definition) is 17. The fourth-order valence-electron chi connectivity index (χ4n) is 11.5. The highest BCUT2D eigenvalue weighted by atomic mass is 17.2. The van der Waals surface area contributed by atoms with E-state index in [1.54, 1.807) is 0 Å². The van der Waals surface area contributed by atoms with Gasteiger partial charge in [-0.1, -0.05) is 26.0 Å². The summed E-state index contributed by atoms with van der Waals surface area (Å²) in [7, 11) is 0. The molecule has 2 bridgehead atoms. The lowest BCUT2D eigenvalue weighted by Crippen LogP contribution is -2.62. The van der Waals surface area contributed by atoms with Gasteiger partial charge in [0.25, 0.3) is 0 Å². The molecule has 1 spiro atoms. The number of carbonyl (C=O) groups excluding carboxylic acids is 2. The molecule has 1 aromatic rings. The first-order chi connectivity index (χ1) is 27.4. The highest BCUT2D eigenvalue weighted by Gasteiger charge is 2.69. The van der Waals surface area contributed by atoms with Gasteiger partial charge in [-0.3, -0.25) is 4.89 Å². The number of carbonyl (C=O) groups is 2. The van der Waals surface area contributed by atoms with Gasteiger partial charge in [0.15, 0.2) is 17.8 Å². The van der Waals surface area contributed by atoms with Crippen LogP contribution < -0.4 is 0 Å². The molecule has 1 aromatic carbocycles. The van der Waals surface area contributed by atoms with Gasteiger partial charge in [0.05, 0.1) is 17.6 Å². The SMILES string of the molecule is C=C1CC23CCC4[C@](C)(C(=O)OO[C@@H]5O[C@H](CO)[C@@H](O)[C@H](O)[C@H]5O)CCC[C@@]4(C)[C@@H]2CCC1(O[C@@H]1O[C@H](COC(=O)/C=C\c2ccc(O)c(O)c2)[C@@H](O)[C@H](O)[C@H]1O)C3. The maximum absolute atomic E-state index is 13.9. The lowest BCUT2D eigenvalue weighted by atomic mass is 9.41. The number of esters is 1. The van der Waals surface area contributed by atoms with E-state index in [-0.39, 0.29) is 34.2 Å². The maximum Gasteiger partial charge on any atom is 0.348 e. The van der Waals surface area contributed by atoms with Gasteiger partial charge in [-0.15, -0.1) is 4.89 Å². The molecular formula is C41H56O17. The molecule has 4 saturated carbocycles. The quantitative estimate of drug-likeness (QED) is 0.0301. The van der Waals surface area contributed by atoms with Gasteiger partial charge in [0.1, 0.15) is 55.4 Å². The van der Waals surface area contributed by atoms with Crippen LogP contribution in [0.4, 0.5) is 0 Å². The number of ether oxygens (including phenoxy) is 4. The number of phenolic OH excluding ortho intramolecular Hbond substituents is 2. The molecule has 0 radical (unpaired) electrons. The largest absolute Gasteiger partial charge is 0.504 e. The van der Waals surface area contributed by atoms with Gasteiger partial charge < -0.3 is 64.9 Å². The summed E-state index contributed by atoms with van der Waals surface area (Å²) in [4.78, 5) is 37.0. The minimum absolute atomic E-state index is 0.107. The van der Waals surface area contributed by atoms with E-state index in [4.69, 9.17) is 28.7 Å². The number of benzene rings is 1. The number of fused-ring (bicyclic) bond motifs is 3. The smallest absolute Gasteiger partial charge is 0.348 e. The first kappa shape index (κ1) is 42.9. The Morgan fingerprint density at radius 2 is 1.52 bits per heavy atom. The predicted octanol–water partition coefficient (Wildman–Crippen LogP) is 0.845. The van der Waals surface area contributed by atoms with Crippen molar-refractivity contribution in [3.05, 3.63) is 42.0 Å². The van der Waals surface area contributed by atoms with Gasteiger partial charge in [-0.2, -0.15) is 0 Å². The molecule has 2 aliphatic heterocycles. The lowest BCUT2D eigenvalue weighted by Gasteiger charge is -2.64. The molecular weight excluding hydrogens is 764 g/mol. The van der Waals surface area contributed by atoms with E-state index in [2.05, 4.69) is 13.5 Å². The average molecular weight is 821 g/mol. The molecule has 6 fully saturated rings. The fraction of sp³-hybridized carbons (Fsp3) is 0.707. The molecule has 7 rings (SSSR count). The molecule has 322 valence electrons. The number of aliphatic hydroxyl groups excluding tert-OH is 7. The van der Waals surface area contributed by atoms with E-state index in [1.165, 1.54) is 24.3 Å². The van der Waals surface area contributed by atoms with Crippen molar-refractivity contribution in [2.24, 2.45) is 28.1 Å². The fourth-order valence-corrected chi connectivity index (χ4v) is 11.5. The van der Waals surface area contributed by atoms with Crippen molar-refractivity contribution in [1.82, 2.24) is 0 Å². The molecule has 17 heteroatoms. The van der Waals surface area contributed by atoms with Crippen molar-refractivity contribution in [2.75, 3.05) is 13.2 Å². The van der Waals surface area contributed by atoms with Crippen molar-refractivity contribution in [3.8, 4) is 11.5 Å². The second-order valence-electron chi connectivity index (χ2n) is 17.8. The topological polar surface area (TPSA) is 272 Å². The molecule has 9 N–H and O–H groups in total. The van der Waals surface area contributed by atoms with Gasteiger partial charge >= 0.3 is 11.9 Å². The first-order valence-corrected chi connectivity index (χ1v) is 20.0. The van der Waals surface area contributed by atoms with Gasteiger partial charge in [0, 0.05) is 6.08 Å². The highest BCUT2D eigenvalue weighted by molar-refractivity contribution is 5.87. The van der Waals surface area contributed by atoms with Crippen molar-refractivity contribution in [2.45, 2.75) is 139 Å². The Hall–Kier alpha value is -3.20. The van der Waals surface area contributed by atoms with Gasteiger partial charge in [-0.05, 0) is 110 Å². The monoisotopic (exact) mass is 820 g/mol. The van der Waals surface area contributed by atoms with Crippen LogP contribution in [0.15, 0.2) is 36.4 Å². The van der Waals surface area contributed by atoms with E-state index < -0.39 is 97.6 Å². The zero-order chi connectivity index (χ0) is 41.9. The molecule has 0 aromatic heterocycles. The Morgan fingerprint density at radius 3 is 2.22 bits per heavy atom. The van der Waals surface area contributed by atoms with Crippen LogP contribution in [0.3, 0.4) is 0 Å². The zero-order valence-electron chi connectivity index (χ0n) is 32.6. The molecule has 16 atom stereocenters. The number of aromatic hydroxyl groups is 2. The molecule has 3 unspecified atom stereocenters. The summed E-state index contributed by atoms with van der Waals surface area (Å²) in [5, 5.41) is 92.1. The van der Waals surface area contributed by atoms with E-state index >= 15 is 0 Å². The summed E-state index contributed by atoms with van der Waals surface area (Å²) in [6.45, 7) is 7.40. The number of hydrogen-bond donors (Lipinski definition) is 9. The predicted molar refractivity (Wildman–Crippen MR) is 198 cm³/mol. The van der Waals surface area contributed by atoms with Crippen molar-refractivity contribution >= 4 is 18.0 Å². The third-order valence-corrected chi connectivity index (χ3v) is 14.5. The van der Waals surface area contributed by atoms with E-state index in [0.717, 1.165) is 30.9 Å². The number of phenols is 2. The average Bonchev–Trinajstić information content (AvgIpc) is 3.39. The minimum atomic E-state index is -1.73. The van der Waals surface area contributed by atoms with Gasteiger partial charge in [0.2, 0.25) is 6.29 Å². The summed E-state index contributed by atoms with van der Waals surface area (Å²) in [6, 6.07) is 3.99. The molecule has 2 saturated heterocycles. The maximum atomic E-state index is 13.9. The van der Waals surface area contributed by atoms with Crippen LogP contribution in [-0.2, 0) is 38.3 Å². The number of rotatable bonds is 10. The Labute approximate surface area is 335 Å². The van der Waals surface area contributed by atoms with Crippen LogP contribution in [0.2, 0.25) is 0 Å². The Morgan fingerprint density at radius 1 is 0.845 bits per heavy atom. The summed E-state index contributed by atoms with van der Waals surface area (Å²) in [5.41, 5.74) is -1.20. The summed E-state index contributed by atoms with van der Waals surface area (Å²) in [6.07, 6.45) is -6.97. The summed E-state index contributed by atoms with van der Waals surface area (Å²) < 4.78 is 23.3. The van der Waals surface area contributed by atoms with Crippen molar-refractivity contribution in [1.29, 1.82) is 0 Å². The van der Waals surface area contributed by atoms with Crippen molar-refractivity contribution in [3.63, 3.8) is 0 Å². The summed E-state index contributed by atoms with van der Waals surface area (Å²) >= 11 is 0. The number of aliphatic hydroxyl groups is 7. The molecule has 58 heavy (non-hydrogen) atoms. The van der Waals surface area contributed by atoms with Gasteiger partial charge in [-0.25, -0.2) is 9.59 Å². The molecule has 6 aliphatic rings. The second-order valence-corrected chi connectivity index (χ2v) is 17.8. The molecule has 4 aliphatic carbocycles. The van der Waals surface area contributed by atoms with Crippen LogP contribution in [0.5, 0.6) is 11.5 Å². The normalized spacial score (nSPS) is 45.0. The minimum Gasteiger partial charge on any atom is -0.504 e. The van der Waals surface area contributed by atoms with Crippen LogP contribution in [0.25, 0.3) is 6.08 Å². The van der Waals surface area contributed by atoms with E-state index in [0.29, 0.717) is 44.1 Å². The molecule has 2 heterocycles. The third-order valence-electron chi connectivity index (χ3n) is 14.5. The highest BCUT2D eigenvalue weighted by Crippen LogP contribution is 2.73. The van der Waals surface area contributed by atoms with E-state index in [1.807, 2.05) is 6.92 Å². The van der Waals surface area contributed by atoms with Crippen LogP contribution in [-0.4, -0.2) is 138 Å². The first-order valence-electron chi connectivity index (χ1n) is 20.0. The second kappa shape index (κ2) is 16.0. The Balaban J connectivity index is 1.00. The van der Waals surface area contributed by atoms with Crippen LogP contribution in [0.1, 0.15) is 77.2 Å². The lowest BCUT2D eigenvalue weighted by molar-refractivity contribution is -0.409.